The number of thioether (sulfide) groups is 1. The summed E-state index contributed by atoms with van der Waals surface area (Å²) >= 11 is 2.22. The average molecular weight is 389 g/mol. The summed E-state index contributed by atoms with van der Waals surface area (Å²) in [6.45, 7) is 9.47. The minimum atomic E-state index is -0.480. The molecule has 3 fully saturated rings. The Labute approximate surface area is 168 Å². The van der Waals surface area contributed by atoms with E-state index in [9.17, 15) is 5.11 Å². The van der Waals surface area contributed by atoms with Crippen LogP contribution < -0.4 is 0 Å². The molecule has 1 heterocycles. The molecule has 0 bridgehead atoms. The van der Waals surface area contributed by atoms with Crippen LogP contribution in [0.15, 0.2) is 6.20 Å². The van der Waals surface area contributed by atoms with E-state index in [1.807, 2.05) is 0 Å². The zero-order chi connectivity index (χ0) is 19.0. The van der Waals surface area contributed by atoms with Crippen molar-refractivity contribution in [3.8, 4) is 0 Å². The Morgan fingerprint density at radius 1 is 1.22 bits per heavy atom. The first-order chi connectivity index (χ1) is 12.8. The minimum absolute atomic E-state index is 0.110. The van der Waals surface area contributed by atoms with Crippen molar-refractivity contribution in [2.75, 3.05) is 5.75 Å². The molecule has 2 N–H and O–H groups in total. The highest BCUT2D eigenvalue weighted by molar-refractivity contribution is 7.99. The van der Waals surface area contributed by atoms with Crippen LogP contribution in [0, 0.1) is 34.5 Å². The zero-order valence-corrected chi connectivity index (χ0v) is 18.2. The fourth-order valence-corrected chi connectivity index (χ4v) is 9.44. The summed E-state index contributed by atoms with van der Waals surface area (Å²) in [5.41, 5.74) is 2.91. The Bertz CT molecular complexity index is 730. The van der Waals surface area contributed by atoms with E-state index in [1.54, 1.807) is 0 Å². The predicted molar refractivity (Wildman–Crippen MR) is 112 cm³/mol. The van der Waals surface area contributed by atoms with Gasteiger partial charge in [-0.15, -0.1) is 0 Å². The largest absolute Gasteiger partial charge is 0.390 e. The lowest BCUT2D eigenvalue weighted by atomic mass is 9.44. The second kappa shape index (κ2) is 6.01. The lowest BCUT2D eigenvalue weighted by Crippen LogP contribution is -2.59. The highest BCUT2D eigenvalue weighted by Crippen LogP contribution is 2.68. The summed E-state index contributed by atoms with van der Waals surface area (Å²) in [6, 6.07) is 0. The first-order valence-electron chi connectivity index (χ1n) is 11.2. The third kappa shape index (κ3) is 2.41. The van der Waals surface area contributed by atoms with Gasteiger partial charge in [-0.25, -0.2) is 0 Å². The molecule has 1 aromatic rings. The number of nitrogens with one attached hydrogen (secondary N) is 1. The van der Waals surface area contributed by atoms with Crippen molar-refractivity contribution in [2.45, 2.75) is 83.5 Å². The van der Waals surface area contributed by atoms with Gasteiger partial charge in [0.2, 0.25) is 0 Å². The number of H-pyrrole nitrogens is 1. The van der Waals surface area contributed by atoms with Gasteiger partial charge in [0.05, 0.1) is 11.8 Å². The zero-order valence-electron chi connectivity index (χ0n) is 17.4. The normalized spacial score (nSPS) is 51.2. The monoisotopic (exact) mass is 388 g/mol. The molecule has 0 spiro atoms. The van der Waals surface area contributed by atoms with Gasteiger partial charge in [0.15, 0.2) is 0 Å². The molecule has 0 amide bonds. The molecule has 27 heavy (non-hydrogen) atoms. The number of fused-ring (bicyclic) bond motifs is 6. The van der Waals surface area contributed by atoms with Crippen molar-refractivity contribution in [1.29, 1.82) is 0 Å². The van der Waals surface area contributed by atoms with Crippen LogP contribution in [0.2, 0.25) is 0 Å². The number of hydrogen-bond donors (Lipinski definition) is 2. The predicted octanol–water partition coefficient (Wildman–Crippen LogP) is 4.85. The Hall–Kier alpha value is -0.480. The lowest BCUT2D eigenvalue weighted by molar-refractivity contribution is -0.137. The second-order valence-corrected chi connectivity index (χ2v) is 12.3. The van der Waals surface area contributed by atoms with Crippen molar-refractivity contribution < 1.29 is 5.11 Å². The molecule has 8 atom stereocenters. The molecular weight excluding hydrogens is 352 g/mol. The van der Waals surface area contributed by atoms with Crippen molar-refractivity contribution in [2.24, 2.45) is 34.5 Å². The third-order valence-corrected chi connectivity index (χ3v) is 11.1. The van der Waals surface area contributed by atoms with Crippen LogP contribution in [0.3, 0.4) is 0 Å². The lowest BCUT2D eigenvalue weighted by Gasteiger charge is -2.63. The maximum atomic E-state index is 11.2. The molecule has 3 nitrogen and oxygen atoms in total. The Morgan fingerprint density at radius 3 is 2.78 bits per heavy atom. The van der Waals surface area contributed by atoms with Crippen molar-refractivity contribution in [3.63, 3.8) is 0 Å². The van der Waals surface area contributed by atoms with Crippen molar-refractivity contribution >= 4 is 11.8 Å². The van der Waals surface area contributed by atoms with Crippen LogP contribution in [0.1, 0.15) is 71.1 Å². The van der Waals surface area contributed by atoms with Gasteiger partial charge in [0, 0.05) is 10.9 Å². The van der Waals surface area contributed by atoms with E-state index < -0.39 is 5.60 Å². The molecule has 0 saturated heterocycles. The Balaban J connectivity index is 1.55. The van der Waals surface area contributed by atoms with Crippen LogP contribution in [0.25, 0.3) is 0 Å². The maximum absolute atomic E-state index is 11.2. The van der Waals surface area contributed by atoms with Crippen LogP contribution in [0.4, 0.5) is 0 Å². The highest BCUT2D eigenvalue weighted by atomic mass is 32.2. The summed E-state index contributed by atoms with van der Waals surface area (Å²) in [7, 11) is 0. The molecule has 1 aromatic heterocycles. The van der Waals surface area contributed by atoms with E-state index in [-0.39, 0.29) is 5.41 Å². The molecule has 4 aliphatic rings. The van der Waals surface area contributed by atoms with Gasteiger partial charge in [-0.1, -0.05) is 20.8 Å². The average Bonchev–Trinajstić information content (AvgIpc) is 3.15. The molecule has 3 unspecified atom stereocenters. The summed E-state index contributed by atoms with van der Waals surface area (Å²) < 4.78 is 0. The van der Waals surface area contributed by atoms with Crippen LogP contribution in [0.5, 0.6) is 0 Å². The van der Waals surface area contributed by atoms with E-state index in [0.717, 1.165) is 29.4 Å². The highest BCUT2D eigenvalue weighted by Gasteiger charge is 2.65. The fourth-order valence-electron chi connectivity index (χ4n) is 8.05. The van der Waals surface area contributed by atoms with Crippen LogP contribution in [-0.4, -0.2) is 31.9 Å². The molecule has 5 rings (SSSR count). The summed E-state index contributed by atoms with van der Waals surface area (Å²) in [4.78, 5) is 0. The molecule has 0 aromatic carbocycles. The van der Waals surface area contributed by atoms with Gasteiger partial charge in [-0.2, -0.15) is 16.9 Å². The smallest absolute Gasteiger partial charge is 0.0675 e. The Kier molecular flexibility index (Phi) is 4.13. The number of aromatic amines is 1. The summed E-state index contributed by atoms with van der Waals surface area (Å²) in [5.74, 6) is 4.26. The second-order valence-electron chi connectivity index (χ2n) is 10.7. The van der Waals surface area contributed by atoms with E-state index >= 15 is 0 Å². The first-order valence-corrected chi connectivity index (χ1v) is 12.2. The van der Waals surface area contributed by atoms with E-state index in [1.165, 1.54) is 55.5 Å². The van der Waals surface area contributed by atoms with Gasteiger partial charge < -0.3 is 5.11 Å². The maximum Gasteiger partial charge on any atom is 0.0675 e. The van der Waals surface area contributed by atoms with Gasteiger partial charge in [-0.3, -0.25) is 5.10 Å². The summed E-state index contributed by atoms with van der Waals surface area (Å²) in [6.07, 6.45) is 10.6. The molecule has 3 saturated carbocycles. The number of aliphatic hydroxyl groups is 1. The van der Waals surface area contributed by atoms with Gasteiger partial charge >= 0.3 is 0 Å². The standard InChI is InChI=1S/C23H36N2OS/c1-5-27-19-11-15-10-18-14(13-24-25-18)12-21(15,2)16-6-8-22(3)17(20(16)19)7-9-23(22,4)26/h13,15-17,19-20,26H,5-12H2,1-4H3,(H,24,25)/t15-,16?,17?,19-,20?,21+,22+,23+/m1/s1. The minimum Gasteiger partial charge on any atom is -0.390 e. The fraction of sp³-hybridized carbons (Fsp3) is 0.870. The molecular formula is C23H36N2OS. The van der Waals surface area contributed by atoms with Crippen LogP contribution in [-0.2, 0) is 12.8 Å². The number of hydrogen-bond acceptors (Lipinski definition) is 3. The van der Waals surface area contributed by atoms with Crippen molar-refractivity contribution in [1.82, 2.24) is 10.2 Å². The molecule has 0 aliphatic heterocycles. The number of nitrogens with zero attached hydrogens (tertiary/aromatic N) is 1. The van der Waals surface area contributed by atoms with E-state index in [0.29, 0.717) is 11.3 Å². The summed E-state index contributed by atoms with van der Waals surface area (Å²) in [5, 5.41) is 19.7. The number of aromatic nitrogens is 2. The molecule has 0 radical (unpaired) electrons. The van der Waals surface area contributed by atoms with Gasteiger partial charge in [-0.05, 0) is 97.7 Å². The SMILES string of the molecule is CCS[C@@H]1C[C@H]2Cc3[nH]ncc3C[C@]2(C)C2CC[C@@]3(C)C(CC[C@]3(C)O)C21. The molecule has 150 valence electrons. The quantitative estimate of drug-likeness (QED) is 0.761. The van der Waals surface area contributed by atoms with E-state index in [2.05, 4.69) is 55.9 Å². The van der Waals surface area contributed by atoms with Gasteiger partial charge in [0.1, 0.15) is 0 Å². The molecule has 4 aliphatic carbocycles. The first kappa shape index (κ1) is 18.5. The number of rotatable bonds is 2. The third-order valence-electron chi connectivity index (χ3n) is 9.83. The topological polar surface area (TPSA) is 48.9 Å². The van der Waals surface area contributed by atoms with Gasteiger partial charge in [0.25, 0.3) is 0 Å². The van der Waals surface area contributed by atoms with E-state index in [4.69, 9.17) is 0 Å². The van der Waals surface area contributed by atoms with Crippen molar-refractivity contribution in [3.05, 3.63) is 17.5 Å². The molecule has 4 heteroatoms. The van der Waals surface area contributed by atoms with Crippen LogP contribution >= 0.6 is 11.8 Å². The Morgan fingerprint density at radius 2 is 2.00 bits per heavy atom.